The van der Waals surface area contributed by atoms with E-state index in [9.17, 15) is 0 Å². The molecule has 1 heterocycles. The third-order valence-corrected chi connectivity index (χ3v) is 2.29. The molecule has 4 heteroatoms. The Kier molecular flexibility index (Phi) is 1.92. The number of hydrogen-bond donors (Lipinski definition) is 1. The lowest BCUT2D eigenvalue weighted by Crippen LogP contribution is -1.82. The molecule has 0 radical (unpaired) electrons. The minimum absolute atomic E-state index is 0.562. The summed E-state index contributed by atoms with van der Waals surface area (Å²) in [7, 11) is 1.60. The highest BCUT2D eigenvalue weighted by atomic mass is 127. The maximum atomic E-state index is 4.97. The van der Waals surface area contributed by atoms with Crippen LogP contribution in [0.3, 0.4) is 0 Å². The maximum Gasteiger partial charge on any atom is 0.294 e. The molecule has 0 amide bonds. The van der Waals surface area contributed by atoms with Crippen molar-refractivity contribution in [1.82, 2.24) is 9.97 Å². The van der Waals surface area contributed by atoms with Gasteiger partial charge in [0.05, 0.1) is 18.1 Å². The van der Waals surface area contributed by atoms with Crippen molar-refractivity contribution in [3.05, 3.63) is 21.8 Å². The smallest absolute Gasteiger partial charge is 0.294 e. The van der Waals surface area contributed by atoms with Crippen molar-refractivity contribution in [3.63, 3.8) is 0 Å². The molecule has 3 nitrogen and oxygen atoms in total. The highest BCUT2D eigenvalue weighted by molar-refractivity contribution is 14.1. The molecule has 0 saturated heterocycles. The van der Waals surface area contributed by atoms with Crippen molar-refractivity contribution in [1.29, 1.82) is 0 Å². The fourth-order valence-electron chi connectivity index (χ4n) is 1.06. The van der Waals surface area contributed by atoms with Crippen LogP contribution in [-0.4, -0.2) is 17.1 Å². The Bertz CT molecular complexity index is 410. The van der Waals surface area contributed by atoms with Crippen LogP contribution in [0.4, 0.5) is 0 Å². The first-order valence-electron chi connectivity index (χ1n) is 3.49. The highest BCUT2D eigenvalue weighted by Gasteiger charge is 2.01. The number of halogens is 1. The summed E-state index contributed by atoms with van der Waals surface area (Å²) < 4.78 is 6.16. The highest BCUT2D eigenvalue weighted by Crippen LogP contribution is 2.17. The second-order valence-corrected chi connectivity index (χ2v) is 3.65. The monoisotopic (exact) mass is 274 g/mol. The summed E-state index contributed by atoms with van der Waals surface area (Å²) in [6.07, 6.45) is 0. The second kappa shape index (κ2) is 2.93. The number of hydrogen-bond acceptors (Lipinski definition) is 2. The average Bonchev–Trinajstić information content (AvgIpc) is 2.46. The van der Waals surface area contributed by atoms with Gasteiger partial charge in [0.25, 0.3) is 6.01 Å². The van der Waals surface area contributed by atoms with E-state index >= 15 is 0 Å². The number of imidazole rings is 1. The first-order valence-corrected chi connectivity index (χ1v) is 4.57. The van der Waals surface area contributed by atoms with Crippen LogP contribution >= 0.6 is 22.6 Å². The van der Waals surface area contributed by atoms with Gasteiger partial charge in [-0.1, -0.05) is 0 Å². The van der Waals surface area contributed by atoms with Gasteiger partial charge in [-0.3, -0.25) is 0 Å². The molecule has 0 unspecified atom stereocenters. The third kappa shape index (κ3) is 1.26. The molecule has 2 rings (SSSR count). The number of aromatic amines is 1. The largest absolute Gasteiger partial charge is 0.468 e. The quantitative estimate of drug-likeness (QED) is 0.809. The molecule has 0 aliphatic heterocycles. The number of rotatable bonds is 1. The topological polar surface area (TPSA) is 37.9 Å². The summed E-state index contributed by atoms with van der Waals surface area (Å²) in [5.41, 5.74) is 1.95. The fourth-order valence-corrected chi connectivity index (χ4v) is 1.55. The summed E-state index contributed by atoms with van der Waals surface area (Å²) in [5, 5.41) is 0. The molecule has 0 atom stereocenters. The standard InChI is InChI=1S/C8H7IN2O/c1-12-8-10-6-3-2-5(9)4-7(6)11-8/h2-4H,1H3,(H,10,11). The molecule has 0 fully saturated rings. The van der Waals surface area contributed by atoms with E-state index in [1.807, 2.05) is 18.2 Å². The van der Waals surface area contributed by atoms with Crippen LogP contribution in [0.5, 0.6) is 6.01 Å². The lowest BCUT2D eigenvalue weighted by Gasteiger charge is -1.87. The zero-order valence-electron chi connectivity index (χ0n) is 6.47. The molecule has 1 aromatic carbocycles. The SMILES string of the molecule is COc1nc2ccc(I)cc2[nH]1. The van der Waals surface area contributed by atoms with Gasteiger partial charge in [-0.25, -0.2) is 0 Å². The van der Waals surface area contributed by atoms with Crippen molar-refractivity contribution in [3.8, 4) is 6.01 Å². The van der Waals surface area contributed by atoms with Crippen LogP contribution in [0.25, 0.3) is 11.0 Å². The normalized spacial score (nSPS) is 10.5. The molecular formula is C8H7IN2O. The van der Waals surface area contributed by atoms with E-state index in [4.69, 9.17) is 4.74 Å². The van der Waals surface area contributed by atoms with Crippen molar-refractivity contribution in [2.75, 3.05) is 7.11 Å². The molecule has 0 aliphatic carbocycles. The lowest BCUT2D eigenvalue weighted by atomic mass is 10.3. The predicted molar refractivity (Wildman–Crippen MR) is 55.4 cm³/mol. The summed E-state index contributed by atoms with van der Waals surface area (Å²) in [6, 6.07) is 6.58. The van der Waals surface area contributed by atoms with Crippen LogP contribution in [0.1, 0.15) is 0 Å². The van der Waals surface area contributed by atoms with E-state index in [1.165, 1.54) is 3.57 Å². The van der Waals surface area contributed by atoms with Gasteiger partial charge in [0.1, 0.15) is 0 Å². The first-order chi connectivity index (χ1) is 5.79. The number of nitrogens with one attached hydrogen (secondary N) is 1. The van der Waals surface area contributed by atoms with Crippen LogP contribution < -0.4 is 4.74 Å². The van der Waals surface area contributed by atoms with Crippen molar-refractivity contribution < 1.29 is 4.74 Å². The van der Waals surface area contributed by atoms with Gasteiger partial charge in [-0.05, 0) is 40.8 Å². The van der Waals surface area contributed by atoms with Gasteiger partial charge in [0.2, 0.25) is 0 Å². The van der Waals surface area contributed by atoms with Crippen molar-refractivity contribution in [2.24, 2.45) is 0 Å². The number of methoxy groups -OCH3 is 1. The third-order valence-electron chi connectivity index (χ3n) is 1.62. The first kappa shape index (κ1) is 7.85. The Balaban J connectivity index is 2.67. The number of aromatic nitrogens is 2. The number of nitrogens with zero attached hydrogens (tertiary/aromatic N) is 1. The van der Waals surface area contributed by atoms with Crippen molar-refractivity contribution in [2.45, 2.75) is 0 Å². The molecule has 2 aromatic rings. The van der Waals surface area contributed by atoms with E-state index in [-0.39, 0.29) is 0 Å². The minimum Gasteiger partial charge on any atom is -0.468 e. The molecule has 62 valence electrons. The molecule has 1 N–H and O–H groups in total. The van der Waals surface area contributed by atoms with Gasteiger partial charge >= 0.3 is 0 Å². The Labute approximate surface area is 83.3 Å². The number of ether oxygens (including phenoxy) is 1. The van der Waals surface area contributed by atoms with Crippen LogP contribution in [0.15, 0.2) is 18.2 Å². The van der Waals surface area contributed by atoms with E-state index in [1.54, 1.807) is 7.11 Å². The van der Waals surface area contributed by atoms with Gasteiger partial charge < -0.3 is 9.72 Å². The summed E-state index contributed by atoms with van der Waals surface area (Å²) in [4.78, 5) is 7.24. The van der Waals surface area contributed by atoms with E-state index in [0.717, 1.165) is 11.0 Å². The van der Waals surface area contributed by atoms with Gasteiger partial charge in [0.15, 0.2) is 0 Å². The molecule has 0 spiro atoms. The number of benzene rings is 1. The number of fused-ring (bicyclic) bond motifs is 1. The summed E-state index contributed by atoms with van der Waals surface area (Å²) in [6.45, 7) is 0. The average molecular weight is 274 g/mol. The number of H-pyrrole nitrogens is 1. The molecule has 12 heavy (non-hydrogen) atoms. The zero-order valence-corrected chi connectivity index (χ0v) is 8.62. The fraction of sp³-hybridized carbons (Fsp3) is 0.125. The van der Waals surface area contributed by atoms with Crippen molar-refractivity contribution >= 4 is 33.6 Å². The lowest BCUT2D eigenvalue weighted by molar-refractivity contribution is 0.386. The Hall–Kier alpha value is -0.780. The Morgan fingerprint density at radius 3 is 3.08 bits per heavy atom. The van der Waals surface area contributed by atoms with Crippen LogP contribution in [-0.2, 0) is 0 Å². The molecule has 0 aliphatic rings. The van der Waals surface area contributed by atoms with Gasteiger partial charge in [-0.2, -0.15) is 4.98 Å². The van der Waals surface area contributed by atoms with Gasteiger partial charge in [-0.15, -0.1) is 0 Å². The Morgan fingerprint density at radius 2 is 2.33 bits per heavy atom. The zero-order chi connectivity index (χ0) is 8.55. The summed E-state index contributed by atoms with van der Waals surface area (Å²) >= 11 is 2.26. The maximum absolute atomic E-state index is 4.97. The molecule has 0 saturated carbocycles. The molecular weight excluding hydrogens is 267 g/mol. The minimum atomic E-state index is 0.562. The van der Waals surface area contributed by atoms with E-state index in [0.29, 0.717) is 6.01 Å². The van der Waals surface area contributed by atoms with E-state index in [2.05, 4.69) is 32.6 Å². The molecule has 1 aromatic heterocycles. The van der Waals surface area contributed by atoms with Gasteiger partial charge in [0, 0.05) is 3.57 Å². The summed E-state index contributed by atoms with van der Waals surface area (Å²) in [5.74, 6) is 0. The van der Waals surface area contributed by atoms with Crippen LogP contribution in [0.2, 0.25) is 0 Å². The Morgan fingerprint density at radius 1 is 1.50 bits per heavy atom. The van der Waals surface area contributed by atoms with E-state index < -0.39 is 0 Å². The second-order valence-electron chi connectivity index (χ2n) is 2.41. The van der Waals surface area contributed by atoms with Crippen LogP contribution in [0, 0.1) is 3.57 Å². The molecule has 0 bridgehead atoms. The predicted octanol–water partition coefficient (Wildman–Crippen LogP) is 2.18.